The maximum absolute atomic E-state index is 13.8. The van der Waals surface area contributed by atoms with Gasteiger partial charge in [-0.2, -0.15) is 5.10 Å². The first-order valence-corrected chi connectivity index (χ1v) is 7.89. The van der Waals surface area contributed by atoms with Crippen LogP contribution in [-0.4, -0.2) is 26.1 Å². The fourth-order valence-electron chi connectivity index (χ4n) is 2.72. The summed E-state index contributed by atoms with van der Waals surface area (Å²) in [6.07, 6.45) is 1.28. The van der Waals surface area contributed by atoms with Crippen molar-refractivity contribution in [1.82, 2.24) is 20.2 Å². The van der Waals surface area contributed by atoms with Crippen molar-refractivity contribution in [3.05, 3.63) is 65.1 Å². The molecule has 136 valence electrons. The van der Waals surface area contributed by atoms with Crippen molar-refractivity contribution in [2.24, 2.45) is 0 Å². The maximum atomic E-state index is 13.8. The molecule has 6 nitrogen and oxygen atoms in total. The Balaban J connectivity index is 1.70. The van der Waals surface area contributed by atoms with Crippen LogP contribution < -0.4 is 5.32 Å². The van der Waals surface area contributed by atoms with E-state index in [0.717, 1.165) is 12.1 Å². The molecule has 1 amide bonds. The number of benzene rings is 2. The van der Waals surface area contributed by atoms with Crippen molar-refractivity contribution in [3.63, 3.8) is 0 Å². The van der Waals surface area contributed by atoms with Crippen LogP contribution in [0.4, 0.5) is 18.9 Å². The number of hydrogen-bond donors (Lipinski definition) is 3. The van der Waals surface area contributed by atoms with E-state index >= 15 is 0 Å². The molecule has 2 aromatic carbocycles. The number of aryl methyl sites for hydroxylation is 1. The molecule has 4 aromatic rings. The smallest absolute Gasteiger partial charge is 0.261 e. The molecule has 2 heterocycles. The van der Waals surface area contributed by atoms with Gasteiger partial charge in [0.1, 0.15) is 28.7 Å². The van der Waals surface area contributed by atoms with Gasteiger partial charge in [-0.3, -0.25) is 9.89 Å². The fourth-order valence-corrected chi connectivity index (χ4v) is 2.72. The van der Waals surface area contributed by atoms with Crippen LogP contribution >= 0.6 is 0 Å². The minimum Gasteiger partial charge on any atom is -0.337 e. The molecular weight excluding hydrogens is 359 g/mol. The minimum atomic E-state index is -0.979. The van der Waals surface area contributed by atoms with Gasteiger partial charge in [0.25, 0.3) is 5.91 Å². The minimum absolute atomic E-state index is 0.166. The number of amides is 1. The quantitative estimate of drug-likeness (QED) is 0.510. The van der Waals surface area contributed by atoms with Crippen LogP contribution in [0.1, 0.15) is 15.9 Å². The molecule has 0 aliphatic carbocycles. The molecule has 0 saturated heterocycles. The van der Waals surface area contributed by atoms with Crippen LogP contribution in [0.15, 0.2) is 36.5 Å². The number of nitrogens with zero attached hydrogens (tertiary/aromatic N) is 2. The molecule has 0 aliphatic heterocycles. The normalized spacial score (nSPS) is 11.1. The third kappa shape index (κ3) is 2.92. The number of nitrogens with one attached hydrogen (secondary N) is 3. The number of anilines is 1. The first kappa shape index (κ1) is 16.8. The van der Waals surface area contributed by atoms with Gasteiger partial charge in [-0.05, 0) is 30.7 Å². The van der Waals surface area contributed by atoms with Crippen molar-refractivity contribution < 1.29 is 18.0 Å². The predicted octanol–water partition coefficient (Wildman–Crippen LogP) is 3.93. The molecule has 0 unspecified atom stereocenters. The summed E-state index contributed by atoms with van der Waals surface area (Å²) in [5, 5.41) is 8.90. The molecule has 0 aliphatic rings. The van der Waals surface area contributed by atoms with E-state index < -0.39 is 28.9 Å². The summed E-state index contributed by atoms with van der Waals surface area (Å²) in [5.41, 5.74) is 1.18. The molecule has 3 N–H and O–H groups in total. The summed E-state index contributed by atoms with van der Waals surface area (Å²) in [7, 11) is 0. The fraction of sp³-hybridized carbons (Fsp3) is 0.0556. The van der Waals surface area contributed by atoms with E-state index in [1.54, 1.807) is 13.0 Å². The summed E-state index contributed by atoms with van der Waals surface area (Å²) in [6, 6.07) is 6.04. The van der Waals surface area contributed by atoms with Gasteiger partial charge in [-0.15, -0.1) is 0 Å². The molecule has 0 radical (unpaired) electrons. The molecule has 0 fully saturated rings. The molecule has 2 aromatic heterocycles. The Morgan fingerprint density at radius 1 is 1.11 bits per heavy atom. The highest BCUT2D eigenvalue weighted by molar-refractivity contribution is 6.06. The Morgan fingerprint density at radius 2 is 1.85 bits per heavy atom. The molecular formula is C18H12F3N5O. The number of imidazole rings is 1. The predicted molar refractivity (Wildman–Crippen MR) is 92.7 cm³/mol. The Kier molecular flexibility index (Phi) is 3.91. The van der Waals surface area contributed by atoms with Gasteiger partial charge < -0.3 is 10.3 Å². The number of rotatable bonds is 3. The lowest BCUT2D eigenvalue weighted by atomic mass is 10.2. The van der Waals surface area contributed by atoms with Crippen LogP contribution in [0.2, 0.25) is 0 Å². The van der Waals surface area contributed by atoms with Crippen molar-refractivity contribution in [1.29, 1.82) is 0 Å². The van der Waals surface area contributed by atoms with Crippen LogP contribution in [0.5, 0.6) is 0 Å². The summed E-state index contributed by atoms with van der Waals surface area (Å²) < 4.78 is 41.3. The Hall–Kier alpha value is -3.62. The number of carbonyl (C=O) groups excluding carboxylic acids is 1. The van der Waals surface area contributed by atoms with Crippen molar-refractivity contribution in [3.8, 4) is 11.5 Å². The SMILES string of the molecule is Cc1cc2[nH]c(-c3[nH]ncc3NC(=O)c3c(F)cccc3F)nc2cc1F. The van der Waals surface area contributed by atoms with E-state index in [1.807, 2.05) is 0 Å². The number of aromatic nitrogens is 4. The zero-order valence-corrected chi connectivity index (χ0v) is 13.9. The van der Waals surface area contributed by atoms with Crippen LogP contribution in [0.25, 0.3) is 22.6 Å². The standard InChI is InChI=1S/C18H12F3N5O/c1-8-5-12-13(6-11(8)21)24-17(23-12)16-14(7-22-26-16)25-18(27)15-9(19)3-2-4-10(15)20/h2-7H,1H3,(H,22,26)(H,23,24)(H,25,27). The van der Waals surface area contributed by atoms with Gasteiger partial charge >= 0.3 is 0 Å². The molecule has 0 atom stereocenters. The third-order valence-corrected chi connectivity index (χ3v) is 4.08. The lowest BCUT2D eigenvalue weighted by Crippen LogP contribution is -2.16. The summed E-state index contributed by atoms with van der Waals surface area (Å²) in [5.74, 6) is -3.03. The largest absolute Gasteiger partial charge is 0.337 e. The lowest BCUT2D eigenvalue weighted by molar-refractivity contribution is 0.101. The van der Waals surface area contributed by atoms with Gasteiger partial charge in [0.15, 0.2) is 5.82 Å². The van der Waals surface area contributed by atoms with Crippen molar-refractivity contribution in [2.75, 3.05) is 5.32 Å². The summed E-state index contributed by atoms with van der Waals surface area (Å²) >= 11 is 0. The highest BCUT2D eigenvalue weighted by Crippen LogP contribution is 2.27. The van der Waals surface area contributed by atoms with Crippen LogP contribution in [0.3, 0.4) is 0 Å². The monoisotopic (exact) mass is 371 g/mol. The zero-order chi connectivity index (χ0) is 19.1. The molecule has 0 bridgehead atoms. The number of carbonyl (C=O) groups is 1. The second-order valence-corrected chi connectivity index (χ2v) is 5.91. The number of hydrogen-bond acceptors (Lipinski definition) is 3. The van der Waals surface area contributed by atoms with E-state index in [-0.39, 0.29) is 17.2 Å². The number of H-pyrrole nitrogens is 2. The first-order chi connectivity index (χ1) is 12.9. The van der Waals surface area contributed by atoms with Crippen LogP contribution in [-0.2, 0) is 0 Å². The Bertz CT molecular complexity index is 1120. The lowest BCUT2D eigenvalue weighted by Gasteiger charge is -2.06. The van der Waals surface area contributed by atoms with Gasteiger partial charge in [-0.25, -0.2) is 18.2 Å². The second kappa shape index (κ2) is 6.27. The van der Waals surface area contributed by atoms with E-state index in [4.69, 9.17) is 0 Å². The van der Waals surface area contributed by atoms with E-state index in [1.165, 1.54) is 18.3 Å². The highest BCUT2D eigenvalue weighted by Gasteiger charge is 2.20. The second-order valence-electron chi connectivity index (χ2n) is 5.91. The third-order valence-electron chi connectivity index (χ3n) is 4.08. The van der Waals surface area contributed by atoms with Gasteiger partial charge in [0.2, 0.25) is 0 Å². The van der Waals surface area contributed by atoms with Gasteiger partial charge in [0.05, 0.1) is 22.9 Å². The number of fused-ring (bicyclic) bond motifs is 1. The molecule has 27 heavy (non-hydrogen) atoms. The molecule has 4 rings (SSSR count). The van der Waals surface area contributed by atoms with Crippen LogP contribution in [0, 0.1) is 24.4 Å². The number of aromatic amines is 2. The summed E-state index contributed by atoms with van der Waals surface area (Å²) in [6.45, 7) is 1.63. The topological polar surface area (TPSA) is 86.5 Å². The van der Waals surface area contributed by atoms with E-state index in [0.29, 0.717) is 16.6 Å². The molecule has 9 heteroatoms. The van der Waals surface area contributed by atoms with Crippen molar-refractivity contribution >= 4 is 22.6 Å². The molecule has 0 spiro atoms. The summed E-state index contributed by atoms with van der Waals surface area (Å²) in [4.78, 5) is 19.5. The Morgan fingerprint density at radius 3 is 2.59 bits per heavy atom. The zero-order valence-electron chi connectivity index (χ0n) is 13.9. The Labute approximate surface area is 150 Å². The van der Waals surface area contributed by atoms with Gasteiger partial charge in [-0.1, -0.05) is 6.07 Å². The highest BCUT2D eigenvalue weighted by atomic mass is 19.1. The average Bonchev–Trinajstić information content (AvgIpc) is 3.21. The van der Waals surface area contributed by atoms with E-state index in [9.17, 15) is 18.0 Å². The first-order valence-electron chi connectivity index (χ1n) is 7.89. The maximum Gasteiger partial charge on any atom is 0.261 e. The van der Waals surface area contributed by atoms with Gasteiger partial charge in [0, 0.05) is 6.07 Å². The van der Waals surface area contributed by atoms with E-state index in [2.05, 4.69) is 25.5 Å². The van der Waals surface area contributed by atoms with Crippen molar-refractivity contribution in [2.45, 2.75) is 6.92 Å². The average molecular weight is 371 g/mol. The number of halogens is 3. The molecule has 0 saturated carbocycles.